The molecule has 0 radical (unpaired) electrons. The maximum atomic E-state index is 13.1. The van der Waals surface area contributed by atoms with E-state index < -0.39 is 11.7 Å². The molecule has 1 aliphatic rings. The first-order chi connectivity index (χ1) is 9.94. The van der Waals surface area contributed by atoms with Crippen LogP contribution in [0, 0.1) is 0 Å². The summed E-state index contributed by atoms with van der Waals surface area (Å²) < 4.78 is 49.9. The van der Waals surface area contributed by atoms with E-state index in [4.69, 9.17) is 9.47 Å². The Hall–Kier alpha value is -1.43. The van der Waals surface area contributed by atoms with E-state index in [0.29, 0.717) is 13.0 Å². The largest absolute Gasteiger partial charge is 0.497 e. The van der Waals surface area contributed by atoms with Gasteiger partial charge in [-0.15, -0.1) is 0 Å². The second-order valence-corrected chi connectivity index (χ2v) is 5.18. The van der Waals surface area contributed by atoms with Gasteiger partial charge in [-0.3, -0.25) is 0 Å². The van der Waals surface area contributed by atoms with Crippen molar-refractivity contribution in [3.63, 3.8) is 0 Å². The van der Waals surface area contributed by atoms with Crippen molar-refractivity contribution in [3.05, 3.63) is 23.8 Å². The van der Waals surface area contributed by atoms with Crippen molar-refractivity contribution < 1.29 is 22.6 Å². The highest BCUT2D eigenvalue weighted by Crippen LogP contribution is 2.38. The molecule has 1 aliphatic heterocycles. The lowest BCUT2D eigenvalue weighted by Crippen LogP contribution is -2.34. The normalized spacial score (nSPS) is 22.9. The van der Waals surface area contributed by atoms with Gasteiger partial charge in [0, 0.05) is 18.3 Å². The molecule has 118 valence electrons. The molecule has 1 aromatic rings. The molecule has 21 heavy (non-hydrogen) atoms. The van der Waals surface area contributed by atoms with Gasteiger partial charge in [0.2, 0.25) is 0 Å². The zero-order chi connectivity index (χ0) is 15.5. The fraction of sp³-hybridized carbons (Fsp3) is 0.600. The number of anilines is 1. The summed E-state index contributed by atoms with van der Waals surface area (Å²) in [6.07, 6.45) is -2.00. The monoisotopic (exact) mass is 303 g/mol. The number of hydrogen-bond acceptors (Lipinski definition) is 3. The lowest BCUT2D eigenvalue weighted by atomic mass is 10.0. The highest BCUT2D eigenvalue weighted by atomic mass is 19.4. The molecule has 1 heterocycles. The number of benzene rings is 1. The van der Waals surface area contributed by atoms with E-state index >= 15 is 0 Å². The third-order valence-electron chi connectivity index (χ3n) is 3.71. The summed E-state index contributed by atoms with van der Waals surface area (Å²) in [4.78, 5) is 0. The Bertz CT molecular complexity index is 476. The third-order valence-corrected chi connectivity index (χ3v) is 3.71. The van der Waals surface area contributed by atoms with Crippen molar-refractivity contribution in [1.82, 2.24) is 0 Å². The van der Waals surface area contributed by atoms with Gasteiger partial charge in [0.15, 0.2) is 0 Å². The first-order valence-corrected chi connectivity index (χ1v) is 7.07. The van der Waals surface area contributed by atoms with Gasteiger partial charge in [-0.2, -0.15) is 13.2 Å². The first kappa shape index (κ1) is 15.9. The van der Waals surface area contributed by atoms with Crippen LogP contribution in [0.1, 0.15) is 31.7 Å². The van der Waals surface area contributed by atoms with Crippen molar-refractivity contribution in [2.75, 3.05) is 19.0 Å². The minimum absolute atomic E-state index is 0.00167. The van der Waals surface area contributed by atoms with Crippen molar-refractivity contribution in [3.8, 4) is 5.75 Å². The van der Waals surface area contributed by atoms with E-state index in [9.17, 15) is 13.2 Å². The van der Waals surface area contributed by atoms with Crippen LogP contribution in [0.4, 0.5) is 18.9 Å². The smallest absolute Gasteiger partial charge is 0.418 e. The molecule has 3 nitrogen and oxygen atoms in total. The SMILES string of the molecule is CCC1CC(Nc2ccc(OC)cc2C(F)(F)F)CCO1. The Labute approximate surface area is 122 Å². The van der Waals surface area contributed by atoms with Crippen LogP contribution in [0.5, 0.6) is 5.75 Å². The molecule has 2 rings (SSSR count). The summed E-state index contributed by atoms with van der Waals surface area (Å²) in [5.41, 5.74) is -0.591. The summed E-state index contributed by atoms with van der Waals surface area (Å²) in [6, 6.07) is 3.99. The number of alkyl halides is 3. The molecular weight excluding hydrogens is 283 g/mol. The summed E-state index contributed by atoms with van der Waals surface area (Å²) in [5.74, 6) is 0.200. The Kier molecular flexibility index (Phi) is 4.98. The van der Waals surface area contributed by atoms with E-state index in [1.165, 1.54) is 19.2 Å². The maximum Gasteiger partial charge on any atom is 0.418 e. The van der Waals surface area contributed by atoms with Gasteiger partial charge in [-0.1, -0.05) is 6.92 Å². The molecule has 1 N–H and O–H groups in total. The number of halogens is 3. The standard InChI is InChI=1S/C15H20F3NO2/c1-3-11-8-10(6-7-21-11)19-14-5-4-12(20-2)9-13(14)15(16,17)18/h4-5,9-11,19H,3,6-8H2,1-2H3. The second-order valence-electron chi connectivity index (χ2n) is 5.18. The van der Waals surface area contributed by atoms with E-state index in [0.717, 1.165) is 18.9 Å². The average molecular weight is 303 g/mol. The van der Waals surface area contributed by atoms with Crippen LogP contribution in [-0.4, -0.2) is 25.9 Å². The molecule has 0 aliphatic carbocycles. The van der Waals surface area contributed by atoms with Crippen LogP contribution in [-0.2, 0) is 10.9 Å². The van der Waals surface area contributed by atoms with E-state index in [1.54, 1.807) is 0 Å². The van der Waals surface area contributed by atoms with Crippen LogP contribution in [0.3, 0.4) is 0 Å². The van der Waals surface area contributed by atoms with Crippen LogP contribution in [0.2, 0.25) is 0 Å². The van der Waals surface area contributed by atoms with Gasteiger partial charge in [0.25, 0.3) is 0 Å². The van der Waals surface area contributed by atoms with Gasteiger partial charge < -0.3 is 14.8 Å². The minimum Gasteiger partial charge on any atom is -0.497 e. The summed E-state index contributed by atoms with van der Waals surface area (Å²) >= 11 is 0. The number of rotatable bonds is 4. The van der Waals surface area contributed by atoms with Gasteiger partial charge in [0.1, 0.15) is 5.75 Å². The molecule has 0 saturated carbocycles. The number of nitrogens with one attached hydrogen (secondary N) is 1. The van der Waals surface area contributed by atoms with Crippen LogP contribution < -0.4 is 10.1 Å². The Morgan fingerprint density at radius 2 is 2.14 bits per heavy atom. The first-order valence-electron chi connectivity index (χ1n) is 7.07. The zero-order valence-electron chi connectivity index (χ0n) is 12.2. The van der Waals surface area contributed by atoms with E-state index in [1.807, 2.05) is 6.92 Å². The summed E-state index contributed by atoms with van der Waals surface area (Å²) in [6.45, 7) is 2.59. The quantitative estimate of drug-likeness (QED) is 0.909. The molecule has 0 bridgehead atoms. The van der Waals surface area contributed by atoms with Gasteiger partial charge in [0.05, 0.1) is 18.8 Å². The lowest BCUT2D eigenvalue weighted by Gasteiger charge is -2.31. The molecule has 0 amide bonds. The van der Waals surface area contributed by atoms with Gasteiger partial charge in [-0.05, 0) is 37.5 Å². The highest BCUT2D eigenvalue weighted by Gasteiger charge is 2.35. The zero-order valence-corrected chi connectivity index (χ0v) is 12.2. The number of hydrogen-bond donors (Lipinski definition) is 1. The Morgan fingerprint density at radius 3 is 2.76 bits per heavy atom. The van der Waals surface area contributed by atoms with Crippen LogP contribution in [0.15, 0.2) is 18.2 Å². The molecule has 0 spiro atoms. The molecule has 1 saturated heterocycles. The second kappa shape index (κ2) is 6.56. The van der Waals surface area contributed by atoms with Crippen molar-refractivity contribution in [2.24, 2.45) is 0 Å². The highest BCUT2D eigenvalue weighted by molar-refractivity contribution is 5.56. The lowest BCUT2D eigenvalue weighted by molar-refractivity contribution is -0.137. The van der Waals surface area contributed by atoms with Crippen LogP contribution >= 0.6 is 0 Å². The summed E-state index contributed by atoms with van der Waals surface area (Å²) in [7, 11) is 1.35. The molecule has 0 aromatic heterocycles. The molecule has 1 fully saturated rings. The number of methoxy groups -OCH3 is 1. The van der Waals surface area contributed by atoms with E-state index in [2.05, 4.69) is 5.32 Å². The van der Waals surface area contributed by atoms with Gasteiger partial charge >= 0.3 is 6.18 Å². The fourth-order valence-electron chi connectivity index (χ4n) is 2.53. The summed E-state index contributed by atoms with van der Waals surface area (Å²) in [5, 5.41) is 3.02. The minimum atomic E-state index is -4.41. The number of ether oxygens (including phenoxy) is 2. The maximum absolute atomic E-state index is 13.1. The van der Waals surface area contributed by atoms with Gasteiger partial charge in [-0.25, -0.2) is 0 Å². The molecule has 6 heteroatoms. The topological polar surface area (TPSA) is 30.5 Å². The van der Waals surface area contributed by atoms with Crippen molar-refractivity contribution >= 4 is 5.69 Å². The molecule has 2 unspecified atom stereocenters. The molecule has 1 aromatic carbocycles. The molecule has 2 atom stereocenters. The van der Waals surface area contributed by atoms with Crippen LogP contribution in [0.25, 0.3) is 0 Å². The Balaban J connectivity index is 2.19. The van der Waals surface area contributed by atoms with Crippen molar-refractivity contribution in [2.45, 2.75) is 44.5 Å². The predicted octanol–water partition coefficient (Wildman–Crippen LogP) is 4.08. The van der Waals surface area contributed by atoms with E-state index in [-0.39, 0.29) is 23.6 Å². The molecular formula is C15H20F3NO2. The fourth-order valence-corrected chi connectivity index (χ4v) is 2.53. The Morgan fingerprint density at radius 1 is 1.38 bits per heavy atom. The van der Waals surface area contributed by atoms with Crippen molar-refractivity contribution in [1.29, 1.82) is 0 Å². The third kappa shape index (κ3) is 4.03. The predicted molar refractivity (Wildman–Crippen MR) is 74.7 cm³/mol. The average Bonchev–Trinajstić information content (AvgIpc) is 2.46.